The van der Waals surface area contributed by atoms with Gasteiger partial charge in [-0.1, -0.05) is 41.6 Å². The maximum absolute atomic E-state index is 11.0. The van der Waals surface area contributed by atoms with Gasteiger partial charge in [-0.15, -0.1) is 0 Å². The Hall–Kier alpha value is -2.16. The third-order valence-electron chi connectivity index (χ3n) is 2.12. The lowest BCUT2D eigenvalue weighted by atomic mass is 10.2. The molecule has 3 heteroatoms. The molecule has 2 rings (SSSR count). The Morgan fingerprint density at radius 3 is 2.62 bits per heavy atom. The van der Waals surface area contributed by atoms with Crippen LogP contribution >= 0.6 is 0 Å². The van der Waals surface area contributed by atoms with Gasteiger partial charge in [-0.25, -0.2) is 0 Å². The number of rotatable bonds is 3. The molecule has 0 atom stereocenters. The maximum atomic E-state index is 11.0. The molecule has 1 heterocycles. The van der Waals surface area contributed by atoms with Gasteiger partial charge < -0.3 is 4.52 Å². The average Bonchev–Trinajstić information content (AvgIpc) is 2.76. The molecule has 0 aliphatic heterocycles. The lowest BCUT2D eigenvalue weighted by Crippen LogP contribution is -1.85. The van der Waals surface area contributed by atoms with Crippen LogP contribution < -0.4 is 0 Å². The van der Waals surface area contributed by atoms with Crippen LogP contribution in [0.4, 0.5) is 0 Å². The van der Waals surface area contributed by atoms with Gasteiger partial charge in [0.15, 0.2) is 5.78 Å². The van der Waals surface area contributed by atoms with E-state index < -0.39 is 0 Å². The van der Waals surface area contributed by atoms with Gasteiger partial charge in [-0.3, -0.25) is 4.79 Å². The van der Waals surface area contributed by atoms with Crippen LogP contribution in [0.15, 0.2) is 40.9 Å². The zero-order chi connectivity index (χ0) is 11.4. The van der Waals surface area contributed by atoms with Gasteiger partial charge in [0.1, 0.15) is 5.69 Å². The largest absolute Gasteiger partial charge is 0.353 e. The number of Topliss-reactive ketones (excluding diaryl/α,β-unsaturated/α-hetero) is 1. The zero-order valence-electron chi connectivity index (χ0n) is 8.88. The predicted octanol–water partition coefficient (Wildman–Crippen LogP) is 3.05. The molecule has 16 heavy (non-hydrogen) atoms. The molecule has 0 bridgehead atoms. The third-order valence-corrected chi connectivity index (χ3v) is 2.12. The third kappa shape index (κ3) is 2.45. The van der Waals surface area contributed by atoms with Crippen molar-refractivity contribution in [2.24, 2.45) is 0 Å². The van der Waals surface area contributed by atoms with Crippen molar-refractivity contribution in [3.05, 3.63) is 53.4 Å². The molecule has 0 radical (unpaired) electrons. The van der Waals surface area contributed by atoms with Crippen molar-refractivity contribution in [3.8, 4) is 0 Å². The molecule has 0 spiro atoms. The molecule has 1 aromatic carbocycles. The first kappa shape index (κ1) is 10.4. The SMILES string of the molecule is CC(=O)c1cc(/C=C/c2ccccc2)no1. The second kappa shape index (κ2) is 4.57. The monoisotopic (exact) mass is 213 g/mol. The molecule has 0 unspecified atom stereocenters. The van der Waals surface area contributed by atoms with E-state index in [0.29, 0.717) is 5.69 Å². The van der Waals surface area contributed by atoms with E-state index in [1.165, 1.54) is 6.92 Å². The van der Waals surface area contributed by atoms with Crippen molar-refractivity contribution in [1.82, 2.24) is 5.16 Å². The summed E-state index contributed by atoms with van der Waals surface area (Å²) in [5.74, 6) is 0.166. The van der Waals surface area contributed by atoms with E-state index in [-0.39, 0.29) is 11.5 Å². The highest BCUT2D eigenvalue weighted by Gasteiger charge is 2.05. The molecule has 0 fully saturated rings. The van der Waals surface area contributed by atoms with Crippen LogP contribution in [0, 0.1) is 0 Å². The Morgan fingerprint density at radius 1 is 1.25 bits per heavy atom. The minimum Gasteiger partial charge on any atom is -0.353 e. The fraction of sp³-hybridized carbons (Fsp3) is 0.0769. The first-order valence-electron chi connectivity index (χ1n) is 4.96. The Labute approximate surface area is 93.4 Å². The lowest BCUT2D eigenvalue weighted by Gasteiger charge is -1.88. The van der Waals surface area contributed by atoms with E-state index >= 15 is 0 Å². The van der Waals surface area contributed by atoms with Gasteiger partial charge >= 0.3 is 0 Å². The molecule has 0 amide bonds. The van der Waals surface area contributed by atoms with Gasteiger partial charge in [0.05, 0.1) is 0 Å². The molecule has 80 valence electrons. The summed E-state index contributed by atoms with van der Waals surface area (Å²) in [4.78, 5) is 11.0. The Bertz CT molecular complexity index is 512. The molecule has 2 aromatic rings. The summed E-state index contributed by atoms with van der Waals surface area (Å²) in [5.41, 5.74) is 1.73. The van der Waals surface area contributed by atoms with E-state index in [0.717, 1.165) is 5.56 Å². The predicted molar refractivity (Wildman–Crippen MR) is 61.9 cm³/mol. The van der Waals surface area contributed by atoms with E-state index in [2.05, 4.69) is 5.16 Å². The highest BCUT2D eigenvalue weighted by atomic mass is 16.5. The quantitative estimate of drug-likeness (QED) is 0.736. The van der Waals surface area contributed by atoms with Crippen molar-refractivity contribution in [2.75, 3.05) is 0 Å². The molecular formula is C13H11NO2. The van der Waals surface area contributed by atoms with E-state index in [9.17, 15) is 4.79 Å². The summed E-state index contributed by atoms with van der Waals surface area (Å²) in [7, 11) is 0. The number of carbonyl (C=O) groups excluding carboxylic acids is 1. The molecule has 0 saturated heterocycles. The number of carbonyl (C=O) groups is 1. The number of aromatic nitrogens is 1. The fourth-order valence-corrected chi connectivity index (χ4v) is 1.28. The summed E-state index contributed by atoms with van der Waals surface area (Å²) in [5, 5.41) is 3.77. The number of hydrogen-bond acceptors (Lipinski definition) is 3. The molecule has 0 saturated carbocycles. The molecule has 0 N–H and O–H groups in total. The number of benzene rings is 1. The van der Waals surface area contributed by atoms with E-state index in [4.69, 9.17) is 4.52 Å². The van der Waals surface area contributed by atoms with Gasteiger partial charge in [0, 0.05) is 13.0 Å². The Kier molecular flexibility index (Phi) is 2.96. The van der Waals surface area contributed by atoms with Crippen molar-refractivity contribution >= 4 is 17.9 Å². The van der Waals surface area contributed by atoms with Crippen LogP contribution in [-0.2, 0) is 0 Å². The maximum Gasteiger partial charge on any atom is 0.202 e. The van der Waals surface area contributed by atoms with Crippen LogP contribution in [0.2, 0.25) is 0 Å². The van der Waals surface area contributed by atoms with Crippen molar-refractivity contribution in [2.45, 2.75) is 6.92 Å². The number of hydrogen-bond donors (Lipinski definition) is 0. The van der Waals surface area contributed by atoms with Gasteiger partial charge in [0.2, 0.25) is 5.76 Å². The van der Waals surface area contributed by atoms with Gasteiger partial charge in [-0.05, 0) is 11.6 Å². The summed E-state index contributed by atoms with van der Waals surface area (Å²) in [6.45, 7) is 1.45. The zero-order valence-corrected chi connectivity index (χ0v) is 8.88. The second-order valence-corrected chi connectivity index (χ2v) is 3.42. The van der Waals surface area contributed by atoms with E-state index in [1.54, 1.807) is 6.07 Å². The van der Waals surface area contributed by atoms with Crippen LogP contribution in [0.3, 0.4) is 0 Å². The molecule has 3 nitrogen and oxygen atoms in total. The van der Waals surface area contributed by atoms with Gasteiger partial charge in [0.25, 0.3) is 0 Å². The van der Waals surface area contributed by atoms with Crippen LogP contribution in [-0.4, -0.2) is 10.9 Å². The van der Waals surface area contributed by atoms with Crippen molar-refractivity contribution in [1.29, 1.82) is 0 Å². The number of ketones is 1. The summed E-state index contributed by atoms with van der Waals surface area (Å²) in [6, 6.07) is 11.5. The van der Waals surface area contributed by atoms with Crippen LogP contribution in [0.1, 0.15) is 28.7 Å². The summed E-state index contributed by atoms with van der Waals surface area (Å²) in [6.07, 6.45) is 3.73. The summed E-state index contributed by atoms with van der Waals surface area (Å²) >= 11 is 0. The highest BCUT2D eigenvalue weighted by molar-refractivity contribution is 5.91. The second-order valence-electron chi connectivity index (χ2n) is 3.42. The minimum absolute atomic E-state index is 0.119. The fourth-order valence-electron chi connectivity index (χ4n) is 1.28. The topological polar surface area (TPSA) is 43.1 Å². The smallest absolute Gasteiger partial charge is 0.202 e. The molecular weight excluding hydrogens is 202 g/mol. The summed E-state index contributed by atoms with van der Waals surface area (Å²) < 4.78 is 4.86. The Balaban J connectivity index is 2.15. The van der Waals surface area contributed by atoms with Crippen LogP contribution in [0.5, 0.6) is 0 Å². The lowest BCUT2D eigenvalue weighted by molar-refractivity contribution is 0.0978. The molecule has 0 aliphatic carbocycles. The standard InChI is InChI=1S/C13H11NO2/c1-10(15)13-9-12(14-16-13)8-7-11-5-3-2-4-6-11/h2-9H,1H3/b8-7+. The normalized spacial score (nSPS) is 10.8. The Morgan fingerprint density at radius 2 is 2.00 bits per heavy atom. The van der Waals surface area contributed by atoms with Crippen LogP contribution in [0.25, 0.3) is 12.2 Å². The van der Waals surface area contributed by atoms with Gasteiger partial charge in [-0.2, -0.15) is 0 Å². The number of nitrogens with zero attached hydrogens (tertiary/aromatic N) is 1. The van der Waals surface area contributed by atoms with E-state index in [1.807, 2.05) is 42.5 Å². The average molecular weight is 213 g/mol. The highest BCUT2D eigenvalue weighted by Crippen LogP contribution is 2.09. The molecule has 0 aliphatic rings. The minimum atomic E-state index is -0.119. The first-order chi connectivity index (χ1) is 7.75. The van der Waals surface area contributed by atoms with Crippen molar-refractivity contribution in [3.63, 3.8) is 0 Å². The van der Waals surface area contributed by atoms with Crippen molar-refractivity contribution < 1.29 is 9.32 Å². The first-order valence-corrected chi connectivity index (χ1v) is 4.96. The molecule has 1 aromatic heterocycles.